The fourth-order valence-corrected chi connectivity index (χ4v) is 6.07. The number of piperidine rings is 1. The van der Waals surface area contributed by atoms with Crippen LogP contribution in [0, 0.1) is 5.82 Å². The molecule has 0 unspecified atom stereocenters. The van der Waals surface area contributed by atoms with Crippen molar-refractivity contribution in [1.82, 2.24) is 9.21 Å². The molecule has 0 spiro atoms. The van der Waals surface area contributed by atoms with Gasteiger partial charge in [0.1, 0.15) is 11.6 Å². The lowest BCUT2D eigenvalue weighted by atomic mass is 10.0. The van der Waals surface area contributed by atoms with Gasteiger partial charge in [0.25, 0.3) is 0 Å². The number of hydrogen-bond donors (Lipinski definition) is 0. The van der Waals surface area contributed by atoms with E-state index in [1.807, 2.05) is 49.4 Å². The lowest BCUT2D eigenvalue weighted by molar-refractivity contribution is 0.150. The van der Waals surface area contributed by atoms with Crippen LogP contribution in [0.3, 0.4) is 0 Å². The molecule has 0 aromatic heterocycles. The van der Waals surface area contributed by atoms with E-state index in [2.05, 4.69) is 17.0 Å². The Balaban J connectivity index is 1.53. The second-order valence-electron chi connectivity index (χ2n) is 8.57. The molecule has 0 aliphatic carbocycles. The second-order valence-corrected chi connectivity index (χ2v) is 10.5. The highest BCUT2D eigenvalue weighted by atomic mass is 32.2. The summed E-state index contributed by atoms with van der Waals surface area (Å²) in [6.07, 6.45) is 1.48. The summed E-state index contributed by atoms with van der Waals surface area (Å²) < 4.78 is 47.9. The lowest BCUT2D eigenvalue weighted by Gasteiger charge is -2.38. The minimum Gasteiger partial charge on any atom is -0.494 e. The van der Waals surface area contributed by atoms with Crippen molar-refractivity contribution in [2.24, 2.45) is 0 Å². The number of likely N-dealkylation sites (tertiary alicyclic amines) is 1. The van der Waals surface area contributed by atoms with Crippen LogP contribution in [0.4, 0.5) is 4.39 Å². The molecule has 7 heteroatoms. The summed E-state index contributed by atoms with van der Waals surface area (Å²) in [6.45, 7) is 5.25. The SMILES string of the molecule is CCOc1ccc(CN(C2CCN(Cc3ccccc3)CC2)S(=O)(=O)c2ccc(F)cc2)cc1. The van der Waals surface area contributed by atoms with Crippen LogP contribution in [0.15, 0.2) is 83.8 Å². The van der Waals surface area contributed by atoms with Crippen molar-refractivity contribution in [3.8, 4) is 5.75 Å². The molecule has 34 heavy (non-hydrogen) atoms. The highest BCUT2D eigenvalue weighted by Crippen LogP contribution is 2.28. The maximum absolute atomic E-state index is 13.7. The molecule has 0 amide bonds. The smallest absolute Gasteiger partial charge is 0.243 e. The van der Waals surface area contributed by atoms with E-state index in [9.17, 15) is 12.8 Å². The Morgan fingerprint density at radius 2 is 1.56 bits per heavy atom. The van der Waals surface area contributed by atoms with E-state index in [1.165, 1.54) is 29.8 Å². The Morgan fingerprint density at radius 3 is 2.18 bits per heavy atom. The topological polar surface area (TPSA) is 49.9 Å². The number of sulfonamides is 1. The van der Waals surface area contributed by atoms with Crippen LogP contribution in [-0.2, 0) is 23.1 Å². The maximum Gasteiger partial charge on any atom is 0.243 e. The molecule has 5 nitrogen and oxygen atoms in total. The van der Waals surface area contributed by atoms with Crippen LogP contribution in [0.2, 0.25) is 0 Å². The Morgan fingerprint density at radius 1 is 0.912 bits per heavy atom. The van der Waals surface area contributed by atoms with E-state index in [0.29, 0.717) is 6.61 Å². The summed E-state index contributed by atoms with van der Waals surface area (Å²) in [5.41, 5.74) is 2.15. The van der Waals surface area contributed by atoms with Crippen molar-refractivity contribution in [3.63, 3.8) is 0 Å². The zero-order valence-corrected chi connectivity index (χ0v) is 20.3. The number of nitrogens with zero attached hydrogens (tertiary/aromatic N) is 2. The molecule has 0 atom stereocenters. The Kier molecular flexibility index (Phi) is 7.98. The highest BCUT2D eigenvalue weighted by Gasteiger charge is 2.34. The summed E-state index contributed by atoms with van der Waals surface area (Å²) in [5.74, 6) is 0.305. The normalized spacial score (nSPS) is 15.5. The third kappa shape index (κ3) is 6.03. The third-order valence-corrected chi connectivity index (χ3v) is 8.12. The van der Waals surface area contributed by atoms with E-state index in [-0.39, 0.29) is 17.5 Å². The fourth-order valence-electron chi connectivity index (χ4n) is 4.40. The Labute approximate surface area is 201 Å². The van der Waals surface area contributed by atoms with Crippen LogP contribution in [0.1, 0.15) is 30.9 Å². The van der Waals surface area contributed by atoms with Gasteiger partial charge in [0.15, 0.2) is 0 Å². The zero-order chi connectivity index (χ0) is 24.0. The average molecular weight is 483 g/mol. The van der Waals surface area contributed by atoms with E-state index in [1.54, 1.807) is 4.31 Å². The van der Waals surface area contributed by atoms with Crippen LogP contribution < -0.4 is 4.74 Å². The summed E-state index contributed by atoms with van der Waals surface area (Å²) in [4.78, 5) is 2.48. The molecule has 180 valence electrons. The first-order valence-electron chi connectivity index (χ1n) is 11.7. The largest absolute Gasteiger partial charge is 0.494 e. The average Bonchev–Trinajstić information content (AvgIpc) is 2.85. The van der Waals surface area contributed by atoms with Crippen LogP contribution >= 0.6 is 0 Å². The number of rotatable bonds is 9. The van der Waals surface area contributed by atoms with Gasteiger partial charge >= 0.3 is 0 Å². The number of ether oxygens (including phenoxy) is 1. The standard InChI is InChI=1S/C27H31FN2O3S/c1-2-33-26-12-8-23(9-13-26)21-30(34(31,32)27-14-10-24(28)11-15-27)25-16-18-29(19-17-25)20-22-6-4-3-5-7-22/h3-15,25H,2,16-21H2,1H3. The first-order valence-corrected chi connectivity index (χ1v) is 13.1. The molecular formula is C27H31FN2O3S. The summed E-state index contributed by atoms with van der Waals surface area (Å²) in [6, 6.07) is 22.8. The van der Waals surface area contributed by atoms with Crippen LogP contribution in [-0.4, -0.2) is 43.4 Å². The molecule has 0 bridgehead atoms. The van der Waals surface area contributed by atoms with Crippen molar-refractivity contribution in [3.05, 3.63) is 95.8 Å². The summed E-state index contributed by atoms with van der Waals surface area (Å²) in [7, 11) is -3.80. The van der Waals surface area contributed by atoms with Gasteiger partial charge in [-0.1, -0.05) is 42.5 Å². The Hall–Kier alpha value is -2.74. The van der Waals surface area contributed by atoms with Gasteiger partial charge in [-0.2, -0.15) is 4.31 Å². The van der Waals surface area contributed by atoms with E-state index in [4.69, 9.17) is 4.74 Å². The number of benzene rings is 3. The van der Waals surface area contributed by atoms with Gasteiger partial charge in [-0.3, -0.25) is 4.90 Å². The van der Waals surface area contributed by atoms with Gasteiger partial charge < -0.3 is 4.74 Å². The van der Waals surface area contributed by atoms with Crippen LogP contribution in [0.5, 0.6) is 5.75 Å². The molecule has 1 aliphatic heterocycles. The summed E-state index contributed by atoms with van der Waals surface area (Å²) >= 11 is 0. The summed E-state index contributed by atoms with van der Waals surface area (Å²) in [5, 5.41) is 0. The number of halogens is 1. The molecule has 4 rings (SSSR count). The fraction of sp³-hybridized carbons (Fsp3) is 0.333. The second kappa shape index (κ2) is 11.1. The predicted molar refractivity (Wildman–Crippen MR) is 131 cm³/mol. The molecule has 3 aromatic rings. The molecular weight excluding hydrogens is 451 g/mol. The molecule has 1 fully saturated rings. The van der Waals surface area contributed by atoms with Gasteiger partial charge in [0.05, 0.1) is 11.5 Å². The van der Waals surface area contributed by atoms with Crippen molar-refractivity contribution >= 4 is 10.0 Å². The minimum absolute atomic E-state index is 0.117. The first kappa shape index (κ1) is 24.4. The highest BCUT2D eigenvalue weighted by molar-refractivity contribution is 7.89. The number of hydrogen-bond acceptors (Lipinski definition) is 4. The van der Waals surface area contributed by atoms with Crippen molar-refractivity contribution in [1.29, 1.82) is 0 Å². The van der Waals surface area contributed by atoms with Crippen molar-refractivity contribution < 1.29 is 17.5 Å². The Bertz CT molecular complexity index is 1140. The lowest BCUT2D eigenvalue weighted by Crippen LogP contribution is -2.46. The molecule has 1 heterocycles. The molecule has 1 saturated heterocycles. The van der Waals surface area contributed by atoms with Crippen LogP contribution in [0.25, 0.3) is 0 Å². The van der Waals surface area contributed by atoms with Gasteiger partial charge in [-0.15, -0.1) is 0 Å². The molecule has 3 aromatic carbocycles. The van der Waals surface area contributed by atoms with Gasteiger partial charge in [-0.05, 0) is 67.3 Å². The quantitative estimate of drug-likeness (QED) is 0.427. The molecule has 0 N–H and O–H groups in total. The van der Waals surface area contributed by atoms with E-state index in [0.717, 1.165) is 43.8 Å². The van der Waals surface area contributed by atoms with E-state index < -0.39 is 15.8 Å². The maximum atomic E-state index is 13.7. The minimum atomic E-state index is -3.80. The zero-order valence-electron chi connectivity index (χ0n) is 19.4. The van der Waals surface area contributed by atoms with Gasteiger partial charge in [0, 0.05) is 32.2 Å². The first-order chi connectivity index (χ1) is 16.5. The molecule has 1 aliphatic rings. The monoisotopic (exact) mass is 482 g/mol. The predicted octanol–water partition coefficient (Wildman–Crippen LogP) is 5.08. The molecule has 0 saturated carbocycles. The molecule has 0 radical (unpaired) electrons. The van der Waals surface area contributed by atoms with E-state index >= 15 is 0 Å². The van der Waals surface area contributed by atoms with Crippen molar-refractivity contribution in [2.45, 2.75) is 43.8 Å². The van der Waals surface area contributed by atoms with Gasteiger partial charge in [0.2, 0.25) is 10.0 Å². The third-order valence-electron chi connectivity index (χ3n) is 6.21. The van der Waals surface area contributed by atoms with Gasteiger partial charge in [-0.25, -0.2) is 12.8 Å². The van der Waals surface area contributed by atoms with Crippen molar-refractivity contribution in [2.75, 3.05) is 19.7 Å².